The summed E-state index contributed by atoms with van der Waals surface area (Å²) in [6.07, 6.45) is 2.78. The van der Waals surface area contributed by atoms with Crippen molar-refractivity contribution in [3.05, 3.63) is 28.8 Å². The van der Waals surface area contributed by atoms with Crippen molar-refractivity contribution in [3.8, 4) is 0 Å². The van der Waals surface area contributed by atoms with Gasteiger partial charge in [-0.05, 0) is 31.0 Å². The fourth-order valence-corrected chi connectivity index (χ4v) is 1.86. The number of esters is 1. The van der Waals surface area contributed by atoms with E-state index in [0.29, 0.717) is 5.02 Å². The van der Waals surface area contributed by atoms with Crippen LogP contribution >= 0.6 is 11.6 Å². The number of aryl methyl sites for hydroxylation is 1. The van der Waals surface area contributed by atoms with E-state index in [9.17, 15) is 4.79 Å². The molecule has 1 N–H and O–H groups in total. The highest BCUT2D eigenvalue weighted by Gasteiger charge is 2.18. The zero-order chi connectivity index (χ0) is 13.5. The first-order chi connectivity index (χ1) is 8.58. The molecule has 1 atom stereocenters. The topological polar surface area (TPSA) is 38.3 Å². The third-order valence-corrected chi connectivity index (χ3v) is 3.25. The average molecular weight is 270 g/mol. The highest BCUT2D eigenvalue weighted by molar-refractivity contribution is 6.31. The van der Waals surface area contributed by atoms with E-state index in [2.05, 4.69) is 12.2 Å². The molecule has 1 aromatic carbocycles. The maximum atomic E-state index is 11.7. The number of methoxy groups -OCH3 is 1. The van der Waals surface area contributed by atoms with Crippen molar-refractivity contribution in [1.29, 1.82) is 0 Å². The lowest BCUT2D eigenvalue weighted by Gasteiger charge is -2.17. The van der Waals surface area contributed by atoms with Gasteiger partial charge in [0.05, 0.1) is 7.11 Å². The van der Waals surface area contributed by atoms with E-state index < -0.39 is 0 Å². The molecule has 100 valence electrons. The number of halogens is 1. The number of hydrogen-bond donors (Lipinski definition) is 1. The Labute approximate surface area is 113 Å². The highest BCUT2D eigenvalue weighted by atomic mass is 35.5. The molecule has 0 spiro atoms. The van der Waals surface area contributed by atoms with E-state index in [1.165, 1.54) is 7.11 Å². The van der Waals surface area contributed by atoms with Crippen LogP contribution in [0.25, 0.3) is 0 Å². The lowest BCUT2D eigenvalue weighted by Crippen LogP contribution is -2.30. The number of anilines is 1. The van der Waals surface area contributed by atoms with E-state index in [1.807, 2.05) is 25.1 Å². The minimum absolute atomic E-state index is 0.236. The van der Waals surface area contributed by atoms with E-state index in [-0.39, 0.29) is 12.0 Å². The molecule has 0 fully saturated rings. The molecular weight excluding hydrogens is 250 g/mol. The van der Waals surface area contributed by atoms with Crippen molar-refractivity contribution < 1.29 is 9.53 Å². The smallest absolute Gasteiger partial charge is 0.328 e. The number of hydrogen-bond acceptors (Lipinski definition) is 3. The van der Waals surface area contributed by atoms with Crippen LogP contribution in [-0.4, -0.2) is 19.1 Å². The summed E-state index contributed by atoms with van der Waals surface area (Å²) in [5, 5.41) is 3.87. The van der Waals surface area contributed by atoms with E-state index in [0.717, 1.165) is 30.5 Å². The number of unbranched alkanes of at least 4 members (excludes halogenated alkanes) is 1. The van der Waals surface area contributed by atoms with Crippen molar-refractivity contribution >= 4 is 23.3 Å². The van der Waals surface area contributed by atoms with Crippen LogP contribution in [-0.2, 0) is 9.53 Å². The lowest BCUT2D eigenvalue weighted by molar-refractivity contribution is -0.141. The van der Waals surface area contributed by atoms with Gasteiger partial charge >= 0.3 is 5.97 Å². The number of benzene rings is 1. The zero-order valence-corrected chi connectivity index (χ0v) is 11.9. The van der Waals surface area contributed by atoms with Crippen LogP contribution in [0.1, 0.15) is 31.7 Å². The highest BCUT2D eigenvalue weighted by Crippen LogP contribution is 2.21. The molecule has 0 heterocycles. The van der Waals surface area contributed by atoms with Gasteiger partial charge in [0.1, 0.15) is 6.04 Å². The Kier molecular flexibility index (Phi) is 5.99. The van der Waals surface area contributed by atoms with Gasteiger partial charge in [-0.25, -0.2) is 4.79 Å². The minimum Gasteiger partial charge on any atom is -0.467 e. The Morgan fingerprint density at radius 2 is 2.22 bits per heavy atom. The second-order valence-corrected chi connectivity index (χ2v) is 4.73. The Bertz CT molecular complexity index is 407. The lowest BCUT2D eigenvalue weighted by atomic mass is 10.1. The minimum atomic E-state index is -0.311. The summed E-state index contributed by atoms with van der Waals surface area (Å²) in [5.74, 6) is -0.236. The molecule has 0 aliphatic heterocycles. The number of nitrogens with one attached hydrogen (secondary N) is 1. The van der Waals surface area contributed by atoms with Crippen LogP contribution in [0, 0.1) is 6.92 Å². The van der Waals surface area contributed by atoms with Crippen molar-refractivity contribution in [3.63, 3.8) is 0 Å². The summed E-state index contributed by atoms with van der Waals surface area (Å²) in [5.41, 5.74) is 1.86. The molecule has 0 aromatic heterocycles. The molecule has 18 heavy (non-hydrogen) atoms. The van der Waals surface area contributed by atoms with Gasteiger partial charge < -0.3 is 10.1 Å². The predicted molar refractivity (Wildman–Crippen MR) is 75.1 cm³/mol. The molecule has 0 radical (unpaired) electrons. The summed E-state index contributed by atoms with van der Waals surface area (Å²) < 4.78 is 4.80. The van der Waals surface area contributed by atoms with E-state index >= 15 is 0 Å². The molecule has 0 saturated heterocycles. The second kappa shape index (κ2) is 7.27. The van der Waals surface area contributed by atoms with Crippen LogP contribution in [0.5, 0.6) is 0 Å². The standard InChI is InChI=1S/C14H20ClNO2/c1-4-5-6-13(14(17)18-3)16-11-8-7-10(2)12(15)9-11/h7-9,13,16H,4-6H2,1-3H3. The van der Waals surface area contributed by atoms with Gasteiger partial charge in [-0.15, -0.1) is 0 Å². The third-order valence-electron chi connectivity index (χ3n) is 2.84. The van der Waals surface area contributed by atoms with Gasteiger partial charge in [-0.3, -0.25) is 0 Å². The van der Waals surface area contributed by atoms with Crippen LogP contribution in [0.15, 0.2) is 18.2 Å². The van der Waals surface area contributed by atoms with Gasteiger partial charge in [-0.2, -0.15) is 0 Å². The summed E-state index contributed by atoms with van der Waals surface area (Å²) in [4.78, 5) is 11.7. The number of ether oxygens (including phenoxy) is 1. The van der Waals surface area contributed by atoms with Crippen LogP contribution in [0.4, 0.5) is 5.69 Å². The van der Waals surface area contributed by atoms with Crippen LogP contribution in [0.3, 0.4) is 0 Å². The van der Waals surface area contributed by atoms with Crippen LogP contribution in [0.2, 0.25) is 5.02 Å². The summed E-state index contributed by atoms with van der Waals surface area (Å²) in [7, 11) is 1.41. The third kappa shape index (κ3) is 4.22. The fourth-order valence-electron chi connectivity index (χ4n) is 1.68. The summed E-state index contributed by atoms with van der Waals surface area (Å²) in [6, 6.07) is 5.37. The molecule has 1 rings (SSSR count). The van der Waals surface area contributed by atoms with Crippen molar-refractivity contribution in [2.24, 2.45) is 0 Å². The Balaban J connectivity index is 2.75. The molecule has 3 nitrogen and oxygen atoms in total. The summed E-state index contributed by atoms with van der Waals surface area (Å²) >= 11 is 6.06. The van der Waals surface area contributed by atoms with Crippen molar-refractivity contribution in [2.75, 3.05) is 12.4 Å². The van der Waals surface area contributed by atoms with Gasteiger partial charge in [0.2, 0.25) is 0 Å². The molecular formula is C14H20ClNO2. The van der Waals surface area contributed by atoms with Gasteiger partial charge in [0, 0.05) is 10.7 Å². The van der Waals surface area contributed by atoms with Crippen LogP contribution < -0.4 is 5.32 Å². The first kappa shape index (κ1) is 14.8. The number of carbonyl (C=O) groups is 1. The SMILES string of the molecule is CCCCC(Nc1ccc(C)c(Cl)c1)C(=O)OC. The average Bonchev–Trinajstić information content (AvgIpc) is 2.37. The Hall–Kier alpha value is -1.22. The maximum absolute atomic E-state index is 11.7. The largest absolute Gasteiger partial charge is 0.467 e. The Morgan fingerprint density at radius 3 is 2.78 bits per heavy atom. The maximum Gasteiger partial charge on any atom is 0.328 e. The van der Waals surface area contributed by atoms with Crippen molar-refractivity contribution in [1.82, 2.24) is 0 Å². The molecule has 1 aromatic rings. The molecule has 0 bridgehead atoms. The first-order valence-electron chi connectivity index (χ1n) is 6.19. The number of carbonyl (C=O) groups excluding carboxylic acids is 1. The molecule has 0 amide bonds. The second-order valence-electron chi connectivity index (χ2n) is 4.33. The first-order valence-corrected chi connectivity index (χ1v) is 6.56. The van der Waals surface area contributed by atoms with Gasteiger partial charge in [0.15, 0.2) is 0 Å². The van der Waals surface area contributed by atoms with E-state index in [1.54, 1.807) is 0 Å². The zero-order valence-electron chi connectivity index (χ0n) is 11.1. The van der Waals surface area contributed by atoms with Gasteiger partial charge in [-0.1, -0.05) is 37.4 Å². The van der Waals surface area contributed by atoms with Crippen molar-refractivity contribution in [2.45, 2.75) is 39.2 Å². The molecule has 4 heteroatoms. The Morgan fingerprint density at radius 1 is 1.50 bits per heavy atom. The normalized spacial score (nSPS) is 12.0. The fraction of sp³-hybridized carbons (Fsp3) is 0.500. The monoisotopic (exact) mass is 269 g/mol. The predicted octanol–water partition coefficient (Wildman–Crippen LogP) is 3.79. The molecule has 1 unspecified atom stereocenters. The quantitative estimate of drug-likeness (QED) is 0.799. The number of rotatable bonds is 6. The van der Waals surface area contributed by atoms with Gasteiger partial charge in [0.25, 0.3) is 0 Å². The summed E-state index contributed by atoms with van der Waals surface area (Å²) in [6.45, 7) is 4.04. The molecule has 0 aliphatic rings. The van der Waals surface area contributed by atoms with E-state index in [4.69, 9.17) is 16.3 Å². The molecule has 0 aliphatic carbocycles. The molecule has 0 saturated carbocycles.